The summed E-state index contributed by atoms with van der Waals surface area (Å²) in [5.41, 5.74) is 4.66. The zero-order valence-electron chi connectivity index (χ0n) is 18.9. The molecule has 6 heteroatoms. The van der Waals surface area contributed by atoms with E-state index in [1.807, 2.05) is 18.2 Å². The lowest BCUT2D eigenvalue weighted by atomic mass is 10.1. The van der Waals surface area contributed by atoms with Crippen molar-refractivity contribution < 1.29 is 4.79 Å². The number of rotatable bonds is 10. The maximum atomic E-state index is 12.4. The van der Waals surface area contributed by atoms with Gasteiger partial charge in [-0.05, 0) is 41.2 Å². The van der Waals surface area contributed by atoms with Crippen LogP contribution in [0.1, 0.15) is 40.8 Å². The Morgan fingerprint density at radius 2 is 1.55 bits per heavy atom. The first-order valence-electron chi connectivity index (χ1n) is 11.4. The van der Waals surface area contributed by atoms with Gasteiger partial charge in [-0.3, -0.25) is 9.78 Å². The van der Waals surface area contributed by atoms with Gasteiger partial charge in [-0.2, -0.15) is 0 Å². The van der Waals surface area contributed by atoms with E-state index in [4.69, 9.17) is 0 Å². The molecule has 0 fully saturated rings. The predicted molar refractivity (Wildman–Crippen MR) is 129 cm³/mol. The number of benzene rings is 2. The molecule has 168 valence electrons. The molecule has 2 aromatic heterocycles. The zero-order chi connectivity index (χ0) is 22.9. The topological polar surface area (TPSA) is 72.7 Å². The number of aromatic nitrogens is 4. The van der Waals surface area contributed by atoms with Gasteiger partial charge in [0.1, 0.15) is 5.82 Å². The van der Waals surface area contributed by atoms with Crippen LogP contribution in [0.15, 0.2) is 79.1 Å². The smallest absolute Gasteiger partial charge is 0.224 e. The quantitative estimate of drug-likeness (QED) is 0.406. The summed E-state index contributed by atoms with van der Waals surface area (Å²) in [6, 6.07) is 22.8. The monoisotopic (exact) mass is 439 g/mol. The van der Waals surface area contributed by atoms with Gasteiger partial charge in [0.2, 0.25) is 5.91 Å². The van der Waals surface area contributed by atoms with E-state index in [1.165, 1.54) is 16.7 Å². The number of carbonyl (C=O) groups is 1. The molecule has 0 spiro atoms. The SMILES string of the molecule is CCc1ccc(Cn2c(CCc3ccccc3)nnc2CNC(=O)Cc2cccnc2)cc1. The van der Waals surface area contributed by atoms with E-state index in [-0.39, 0.29) is 5.91 Å². The molecule has 0 aliphatic rings. The van der Waals surface area contributed by atoms with Gasteiger partial charge in [0.25, 0.3) is 0 Å². The van der Waals surface area contributed by atoms with Crippen molar-refractivity contribution in [3.63, 3.8) is 0 Å². The van der Waals surface area contributed by atoms with E-state index < -0.39 is 0 Å². The third-order valence-electron chi connectivity index (χ3n) is 5.69. The van der Waals surface area contributed by atoms with E-state index in [1.54, 1.807) is 12.4 Å². The number of pyridine rings is 1. The summed E-state index contributed by atoms with van der Waals surface area (Å²) >= 11 is 0. The Morgan fingerprint density at radius 3 is 2.27 bits per heavy atom. The molecule has 1 N–H and O–H groups in total. The summed E-state index contributed by atoms with van der Waals surface area (Å²) in [5, 5.41) is 11.9. The third kappa shape index (κ3) is 6.35. The number of nitrogens with zero attached hydrogens (tertiary/aromatic N) is 4. The summed E-state index contributed by atoms with van der Waals surface area (Å²) in [7, 11) is 0. The molecule has 0 unspecified atom stereocenters. The summed E-state index contributed by atoms with van der Waals surface area (Å²) in [5.74, 6) is 1.63. The molecule has 2 aromatic carbocycles. The molecule has 1 amide bonds. The van der Waals surface area contributed by atoms with Crippen LogP contribution in [0.2, 0.25) is 0 Å². The van der Waals surface area contributed by atoms with Crippen molar-refractivity contribution in [1.29, 1.82) is 0 Å². The van der Waals surface area contributed by atoms with Gasteiger partial charge in [0.15, 0.2) is 5.82 Å². The van der Waals surface area contributed by atoms with Crippen LogP contribution in [0.5, 0.6) is 0 Å². The highest BCUT2D eigenvalue weighted by Gasteiger charge is 2.14. The van der Waals surface area contributed by atoms with Crippen LogP contribution in [0.25, 0.3) is 0 Å². The van der Waals surface area contributed by atoms with Crippen molar-refractivity contribution in [2.75, 3.05) is 0 Å². The van der Waals surface area contributed by atoms with Gasteiger partial charge in [0, 0.05) is 18.8 Å². The van der Waals surface area contributed by atoms with E-state index in [0.29, 0.717) is 19.5 Å². The first kappa shape index (κ1) is 22.4. The average Bonchev–Trinajstić information content (AvgIpc) is 3.24. The van der Waals surface area contributed by atoms with Crippen molar-refractivity contribution in [3.8, 4) is 0 Å². The standard InChI is InChI=1S/C27H29N5O/c1-2-21-10-12-23(13-11-21)20-32-25(15-14-22-7-4-3-5-8-22)30-31-26(32)19-29-27(33)17-24-9-6-16-28-18-24/h3-13,16,18H,2,14-15,17,19-20H2,1H3,(H,29,33). The molecule has 0 atom stereocenters. The normalized spacial score (nSPS) is 10.8. The molecule has 6 nitrogen and oxygen atoms in total. The molecule has 4 aromatic rings. The minimum Gasteiger partial charge on any atom is -0.349 e. The lowest BCUT2D eigenvalue weighted by Crippen LogP contribution is -2.26. The highest BCUT2D eigenvalue weighted by molar-refractivity contribution is 5.78. The average molecular weight is 440 g/mol. The molecule has 0 saturated carbocycles. The van der Waals surface area contributed by atoms with Crippen molar-refractivity contribution in [2.24, 2.45) is 0 Å². The molecule has 0 aliphatic carbocycles. The molecule has 0 saturated heterocycles. The van der Waals surface area contributed by atoms with Crippen LogP contribution in [0.3, 0.4) is 0 Å². The summed E-state index contributed by atoms with van der Waals surface area (Å²) in [6.45, 7) is 3.17. The Hall–Kier alpha value is -3.80. The van der Waals surface area contributed by atoms with Crippen LogP contribution in [0, 0.1) is 0 Å². The highest BCUT2D eigenvalue weighted by atomic mass is 16.1. The van der Waals surface area contributed by atoms with Gasteiger partial charge in [-0.15, -0.1) is 10.2 Å². The second-order valence-electron chi connectivity index (χ2n) is 8.09. The predicted octanol–water partition coefficient (Wildman–Crippen LogP) is 3.93. The summed E-state index contributed by atoms with van der Waals surface area (Å²) in [4.78, 5) is 16.5. The first-order valence-corrected chi connectivity index (χ1v) is 11.4. The van der Waals surface area contributed by atoms with Gasteiger partial charge in [-0.25, -0.2) is 0 Å². The van der Waals surface area contributed by atoms with Crippen LogP contribution in [-0.2, 0) is 43.6 Å². The molecule has 0 radical (unpaired) electrons. The zero-order valence-corrected chi connectivity index (χ0v) is 18.9. The van der Waals surface area contributed by atoms with E-state index >= 15 is 0 Å². The number of carbonyl (C=O) groups excluding carboxylic acids is 1. The molecule has 33 heavy (non-hydrogen) atoms. The van der Waals surface area contributed by atoms with Crippen LogP contribution < -0.4 is 5.32 Å². The minimum absolute atomic E-state index is 0.0596. The van der Waals surface area contributed by atoms with Crippen LogP contribution >= 0.6 is 0 Å². The Morgan fingerprint density at radius 1 is 0.818 bits per heavy atom. The molecular weight excluding hydrogens is 410 g/mol. The first-order chi connectivity index (χ1) is 16.2. The lowest BCUT2D eigenvalue weighted by Gasteiger charge is -2.12. The number of nitrogens with one attached hydrogen (secondary N) is 1. The molecule has 0 aliphatic heterocycles. The Bertz CT molecular complexity index is 1150. The summed E-state index contributed by atoms with van der Waals surface area (Å²) < 4.78 is 2.13. The van der Waals surface area contributed by atoms with Gasteiger partial charge in [0.05, 0.1) is 19.5 Å². The van der Waals surface area contributed by atoms with Gasteiger partial charge >= 0.3 is 0 Å². The Kier molecular flexibility index (Phi) is 7.59. The Balaban J connectivity index is 1.48. The molecule has 2 heterocycles. The maximum Gasteiger partial charge on any atom is 0.224 e. The van der Waals surface area contributed by atoms with Crippen LogP contribution in [0.4, 0.5) is 0 Å². The fraction of sp³-hybridized carbons (Fsp3) is 0.259. The molecule has 4 rings (SSSR count). The minimum atomic E-state index is -0.0596. The number of amides is 1. The van der Waals surface area contributed by atoms with E-state index in [9.17, 15) is 4.79 Å². The largest absolute Gasteiger partial charge is 0.349 e. The van der Waals surface area contributed by atoms with E-state index in [0.717, 1.165) is 36.5 Å². The number of aryl methyl sites for hydroxylation is 3. The Labute approximate surface area is 194 Å². The second-order valence-corrected chi connectivity index (χ2v) is 8.09. The third-order valence-corrected chi connectivity index (χ3v) is 5.69. The molecule has 0 bridgehead atoms. The van der Waals surface area contributed by atoms with Gasteiger partial charge in [-0.1, -0.05) is 67.6 Å². The van der Waals surface area contributed by atoms with Crippen molar-refractivity contribution in [3.05, 3.63) is 113 Å². The maximum absolute atomic E-state index is 12.4. The van der Waals surface area contributed by atoms with Crippen LogP contribution in [-0.4, -0.2) is 25.7 Å². The number of hydrogen-bond donors (Lipinski definition) is 1. The highest BCUT2D eigenvalue weighted by Crippen LogP contribution is 2.13. The molecular formula is C27H29N5O. The van der Waals surface area contributed by atoms with Crippen molar-refractivity contribution >= 4 is 5.91 Å². The van der Waals surface area contributed by atoms with Crippen molar-refractivity contribution in [2.45, 2.75) is 45.7 Å². The second kappa shape index (κ2) is 11.2. The van der Waals surface area contributed by atoms with Gasteiger partial charge < -0.3 is 9.88 Å². The number of hydrogen-bond acceptors (Lipinski definition) is 4. The van der Waals surface area contributed by atoms with Crippen molar-refractivity contribution in [1.82, 2.24) is 25.1 Å². The lowest BCUT2D eigenvalue weighted by molar-refractivity contribution is -0.120. The fourth-order valence-corrected chi connectivity index (χ4v) is 3.76. The summed E-state index contributed by atoms with van der Waals surface area (Å²) in [6.07, 6.45) is 6.40. The van der Waals surface area contributed by atoms with E-state index in [2.05, 4.69) is 80.5 Å². The fourth-order valence-electron chi connectivity index (χ4n) is 3.76.